The van der Waals surface area contributed by atoms with Crippen LogP contribution in [-0.2, 0) is 32.3 Å². The molecule has 0 fully saturated rings. The summed E-state index contributed by atoms with van der Waals surface area (Å²) in [6.07, 6.45) is 0. The van der Waals surface area contributed by atoms with Crippen LogP contribution in [0.4, 0.5) is 17.1 Å². The molecule has 0 bridgehead atoms. The Morgan fingerprint density at radius 1 is 1.16 bits per heavy atom. The number of rotatable bonds is 7. The van der Waals surface area contributed by atoms with E-state index in [1.807, 2.05) is 0 Å². The molecule has 2 rings (SSSR count). The molecule has 1 radical (unpaired) electrons. The first kappa shape index (κ1) is 31.8. The summed E-state index contributed by atoms with van der Waals surface area (Å²) in [4.78, 5) is 20.2. The van der Waals surface area contributed by atoms with Gasteiger partial charge in [0.15, 0.2) is 5.78 Å². The molecule has 0 atom stereocenters. The number of hydrogen-bond donors (Lipinski definition) is 1. The van der Waals surface area contributed by atoms with E-state index in [0.717, 1.165) is 6.92 Å². The molecule has 0 spiro atoms. The normalized spacial score (nSPS) is 11.3. The fourth-order valence-electron chi connectivity index (χ4n) is 2.03. The van der Waals surface area contributed by atoms with Gasteiger partial charge in [-0.3, -0.25) is 14.9 Å². The second-order valence-corrected chi connectivity index (χ2v) is 6.78. The minimum atomic E-state index is -5.35. The van der Waals surface area contributed by atoms with Crippen LogP contribution in [0.25, 0.3) is 0 Å². The second-order valence-electron chi connectivity index (χ2n) is 5.43. The van der Waals surface area contributed by atoms with Crippen molar-refractivity contribution < 1.29 is 85.3 Å². The summed E-state index contributed by atoms with van der Waals surface area (Å²) < 4.78 is 33.5. The monoisotopic (exact) mass is 511 g/mol. The minimum Gasteiger partial charge on any atom is -0.870 e. The summed E-state index contributed by atoms with van der Waals surface area (Å²) >= 11 is 0. The van der Waals surface area contributed by atoms with E-state index in [1.165, 1.54) is 12.1 Å². The number of benzene rings is 2. The molecule has 2 aromatic rings. The molecule has 16 heteroatoms. The van der Waals surface area contributed by atoms with Crippen molar-refractivity contribution >= 4 is 33.0 Å². The standard InChI is InChI=1S/C16H14N4O8S.Cr.Na.H2O/c1-9(21)14(16(23)17-10-5-3-2-4-6-10)19-18-12-7-11(20(24)25)8-13(15(12)22)29(26,27)28;;;/h2-8,17,22-23H,1H3,(H,26,27,28);;;1H2/q;+3;+1;/p-4. The van der Waals surface area contributed by atoms with Crippen molar-refractivity contribution in [3.63, 3.8) is 0 Å². The third-order valence-electron chi connectivity index (χ3n) is 3.34. The number of para-hydroxylation sites is 1. The van der Waals surface area contributed by atoms with Gasteiger partial charge in [-0.2, -0.15) is 5.11 Å². The predicted octanol–water partition coefficient (Wildman–Crippen LogP) is -2.29. The van der Waals surface area contributed by atoms with Crippen LogP contribution in [-0.4, -0.2) is 29.2 Å². The first-order valence-electron chi connectivity index (χ1n) is 7.62. The molecule has 2 aromatic carbocycles. The van der Waals surface area contributed by atoms with Gasteiger partial charge in [-0.25, -0.2) is 8.42 Å². The molecule has 0 amide bonds. The van der Waals surface area contributed by atoms with Crippen molar-refractivity contribution in [1.82, 2.24) is 0 Å². The van der Waals surface area contributed by atoms with Crippen molar-refractivity contribution in [2.75, 3.05) is 5.32 Å². The Hall–Kier alpha value is -2.35. The number of nitrogens with one attached hydrogen (secondary N) is 1. The number of anilines is 1. The van der Waals surface area contributed by atoms with Crippen LogP contribution in [0.3, 0.4) is 0 Å². The van der Waals surface area contributed by atoms with Crippen LogP contribution in [0.15, 0.2) is 69.2 Å². The van der Waals surface area contributed by atoms with Crippen LogP contribution in [0.2, 0.25) is 0 Å². The summed E-state index contributed by atoms with van der Waals surface area (Å²) in [5, 5.41) is 44.2. The average Bonchev–Trinajstić information content (AvgIpc) is 2.62. The number of carbonyl (C=O) groups excluding carboxylic acids is 1. The van der Waals surface area contributed by atoms with E-state index in [4.69, 9.17) is 0 Å². The Kier molecular flexibility index (Phi) is 13.2. The number of nitro groups is 1. The average molecular weight is 511 g/mol. The van der Waals surface area contributed by atoms with Crippen molar-refractivity contribution in [3.8, 4) is 5.75 Å². The number of allylic oxidation sites excluding steroid dienone is 1. The molecule has 32 heavy (non-hydrogen) atoms. The molecule has 0 heterocycles. The van der Waals surface area contributed by atoms with Crippen LogP contribution in [0.1, 0.15) is 6.92 Å². The van der Waals surface area contributed by atoms with E-state index in [9.17, 15) is 38.1 Å². The summed E-state index contributed by atoms with van der Waals surface area (Å²) in [6.45, 7) is 0.984. The number of non-ortho nitro benzene ring substituents is 1. The van der Waals surface area contributed by atoms with Crippen molar-refractivity contribution in [3.05, 3.63) is 64.2 Å². The first-order valence-corrected chi connectivity index (χ1v) is 9.03. The number of hydrogen-bond acceptors (Lipinski definition) is 12. The number of carbonyl (C=O) groups is 1. The summed E-state index contributed by atoms with van der Waals surface area (Å²) in [5.74, 6) is -3.29. The zero-order chi connectivity index (χ0) is 21.8. The SMILES string of the molecule is CC(=O)C(N=Nc1cc([N+](=O)[O-])cc(S(=O)(=O)[O-])c1[O-])=C([O-])Nc1ccccc1.[Cr+3].[Na+].[OH-]. The smallest absolute Gasteiger partial charge is 0.870 e. The fraction of sp³-hybridized carbons (Fsp3) is 0.0625. The molecule has 0 aliphatic heterocycles. The quantitative estimate of drug-likeness (QED) is 0.0795. The molecule has 163 valence electrons. The van der Waals surface area contributed by atoms with Gasteiger partial charge in [0.2, 0.25) is 0 Å². The summed E-state index contributed by atoms with van der Waals surface area (Å²) in [6, 6.07) is 8.81. The second kappa shape index (κ2) is 13.3. The van der Waals surface area contributed by atoms with Crippen LogP contribution in [0, 0.1) is 10.1 Å². The van der Waals surface area contributed by atoms with Gasteiger partial charge < -0.3 is 25.6 Å². The maximum absolute atomic E-state index is 12.2. The molecule has 2 N–H and O–H groups in total. The van der Waals surface area contributed by atoms with E-state index < -0.39 is 54.4 Å². The topological polar surface area (TPSA) is 230 Å². The third-order valence-corrected chi connectivity index (χ3v) is 4.18. The summed E-state index contributed by atoms with van der Waals surface area (Å²) in [5.41, 5.74) is -2.25. The predicted molar refractivity (Wildman–Crippen MR) is 94.7 cm³/mol. The molecule has 0 aliphatic carbocycles. The van der Waals surface area contributed by atoms with Gasteiger partial charge in [0.1, 0.15) is 15.8 Å². The minimum absolute atomic E-state index is 0. The maximum atomic E-state index is 12.2. The molecule has 0 saturated heterocycles. The number of azo groups is 1. The number of ketones is 1. The van der Waals surface area contributed by atoms with Crippen LogP contribution >= 0.6 is 0 Å². The van der Waals surface area contributed by atoms with Crippen molar-refractivity contribution in [2.24, 2.45) is 10.2 Å². The van der Waals surface area contributed by atoms with E-state index in [0.29, 0.717) is 17.8 Å². The van der Waals surface area contributed by atoms with E-state index in [-0.39, 0.29) is 52.4 Å². The molecule has 0 unspecified atom stereocenters. The summed E-state index contributed by atoms with van der Waals surface area (Å²) in [7, 11) is -5.35. The third kappa shape index (κ3) is 8.30. The van der Waals surface area contributed by atoms with E-state index in [2.05, 4.69) is 15.5 Å². The fourth-order valence-corrected chi connectivity index (χ4v) is 2.63. The van der Waals surface area contributed by atoms with Gasteiger partial charge in [-0.15, -0.1) is 5.11 Å². The first-order chi connectivity index (χ1) is 13.5. The molecule has 0 saturated carbocycles. The molecule has 0 aromatic heterocycles. The largest absolute Gasteiger partial charge is 3.00 e. The van der Waals surface area contributed by atoms with E-state index in [1.54, 1.807) is 18.2 Å². The Bertz CT molecular complexity index is 1140. The van der Waals surface area contributed by atoms with Crippen molar-refractivity contribution in [1.29, 1.82) is 0 Å². The van der Waals surface area contributed by atoms with Gasteiger partial charge in [-0.05, 0) is 18.0 Å². The van der Waals surface area contributed by atoms with Gasteiger partial charge in [-0.1, -0.05) is 23.9 Å². The Morgan fingerprint density at radius 2 is 1.72 bits per heavy atom. The Labute approximate surface area is 214 Å². The molecule has 13 nitrogen and oxygen atoms in total. The maximum Gasteiger partial charge on any atom is 3.00 e. The van der Waals surface area contributed by atoms with Gasteiger partial charge in [0, 0.05) is 24.7 Å². The van der Waals surface area contributed by atoms with Crippen LogP contribution in [0.5, 0.6) is 5.75 Å². The number of nitro benzene ring substituents is 1. The zero-order valence-corrected chi connectivity index (χ0v) is 20.5. The Balaban J connectivity index is 0. The molecular formula is C16H12CrN4NaO9S. The van der Waals surface area contributed by atoms with Crippen molar-refractivity contribution in [2.45, 2.75) is 11.8 Å². The van der Waals surface area contributed by atoms with Crippen LogP contribution < -0.4 is 45.1 Å². The molecular weight excluding hydrogens is 499 g/mol. The van der Waals surface area contributed by atoms with Gasteiger partial charge >= 0.3 is 46.9 Å². The number of nitrogens with zero attached hydrogens (tertiary/aromatic N) is 3. The van der Waals surface area contributed by atoms with E-state index >= 15 is 0 Å². The zero-order valence-electron chi connectivity index (χ0n) is 16.4. The molecule has 0 aliphatic rings. The van der Waals surface area contributed by atoms with Gasteiger partial charge in [0.25, 0.3) is 5.69 Å². The number of Topliss-reactive ketones (excluding diaryl/α,β-unsaturated/α-hetero) is 1. The Morgan fingerprint density at radius 3 is 2.19 bits per heavy atom. The van der Waals surface area contributed by atoms with Gasteiger partial charge in [0.05, 0.1) is 15.5 Å².